The molecule has 0 atom stereocenters. The SMILES string of the molecule is O=C(NC1CCCCC1)/C(=C/c1cccc([N+](=O)[O-])c1)NC(=O)c1ccccc1. The Balaban J connectivity index is 1.85. The van der Waals surface area contributed by atoms with E-state index in [4.69, 9.17) is 0 Å². The first-order chi connectivity index (χ1) is 14.0. The summed E-state index contributed by atoms with van der Waals surface area (Å²) in [6, 6.07) is 14.6. The molecule has 0 aromatic heterocycles. The van der Waals surface area contributed by atoms with Crippen LogP contribution in [0.15, 0.2) is 60.3 Å². The van der Waals surface area contributed by atoms with Gasteiger partial charge in [-0.2, -0.15) is 0 Å². The zero-order chi connectivity index (χ0) is 20.6. The molecule has 0 aliphatic heterocycles. The van der Waals surface area contributed by atoms with Crippen molar-refractivity contribution < 1.29 is 14.5 Å². The standard InChI is InChI=1S/C22H23N3O4/c26-21(17-9-3-1-4-10-17)24-20(22(27)23-18-11-5-2-6-12-18)15-16-8-7-13-19(14-16)25(28)29/h1,3-4,7-10,13-15,18H,2,5-6,11-12H2,(H,23,27)(H,24,26)/b20-15-. The summed E-state index contributed by atoms with van der Waals surface area (Å²) in [5.41, 5.74) is 0.856. The molecule has 0 heterocycles. The largest absolute Gasteiger partial charge is 0.348 e. The summed E-state index contributed by atoms with van der Waals surface area (Å²) in [6.45, 7) is 0. The Labute approximate surface area is 169 Å². The Morgan fingerprint density at radius 1 is 1.00 bits per heavy atom. The van der Waals surface area contributed by atoms with E-state index in [0.29, 0.717) is 11.1 Å². The number of nitro groups is 1. The summed E-state index contributed by atoms with van der Waals surface area (Å²) in [5, 5.41) is 16.7. The molecule has 0 radical (unpaired) electrons. The number of non-ortho nitro benzene ring substituents is 1. The molecule has 3 rings (SSSR count). The number of carbonyl (C=O) groups excluding carboxylic acids is 2. The van der Waals surface area contributed by atoms with Crippen molar-refractivity contribution in [3.8, 4) is 0 Å². The minimum absolute atomic E-state index is 0.0601. The average Bonchev–Trinajstić information content (AvgIpc) is 2.74. The number of carbonyl (C=O) groups is 2. The van der Waals surface area contributed by atoms with Crippen molar-refractivity contribution in [3.63, 3.8) is 0 Å². The second-order valence-corrected chi connectivity index (χ2v) is 7.04. The second kappa shape index (κ2) is 9.64. The first-order valence-electron chi connectivity index (χ1n) is 9.66. The van der Waals surface area contributed by atoms with E-state index in [2.05, 4.69) is 10.6 Å². The second-order valence-electron chi connectivity index (χ2n) is 7.04. The van der Waals surface area contributed by atoms with E-state index < -0.39 is 16.7 Å². The van der Waals surface area contributed by atoms with Gasteiger partial charge in [-0.05, 0) is 36.6 Å². The minimum atomic E-state index is -0.498. The molecule has 1 saturated carbocycles. The Kier molecular flexibility index (Phi) is 6.73. The number of hydrogen-bond acceptors (Lipinski definition) is 4. The van der Waals surface area contributed by atoms with E-state index in [-0.39, 0.29) is 17.4 Å². The maximum atomic E-state index is 12.9. The predicted octanol–water partition coefficient (Wildman–Crippen LogP) is 3.81. The van der Waals surface area contributed by atoms with Gasteiger partial charge in [0.25, 0.3) is 17.5 Å². The summed E-state index contributed by atoms with van der Waals surface area (Å²) in [5.74, 6) is -0.811. The summed E-state index contributed by atoms with van der Waals surface area (Å²) in [4.78, 5) is 36.0. The van der Waals surface area contributed by atoms with Gasteiger partial charge in [0.05, 0.1) is 4.92 Å². The first-order valence-corrected chi connectivity index (χ1v) is 9.66. The third kappa shape index (κ3) is 5.75. The molecule has 0 saturated heterocycles. The normalized spacial score (nSPS) is 14.8. The van der Waals surface area contributed by atoms with Crippen molar-refractivity contribution in [1.29, 1.82) is 0 Å². The maximum absolute atomic E-state index is 12.9. The Bertz CT molecular complexity index is 919. The average molecular weight is 393 g/mol. The van der Waals surface area contributed by atoms with Gasteiger partial charge in [-0.1, -0.05) is 49.6 Å². The monoisotopic (exact) mass is 393 g/mol. The van der Waals surface area contributed by atoms with Crippen LogP contribution in [0.3, 0.4) is 0 Å². The van der Waals surface area contributed by atoms with Crippen LogP contribution < -0.4 is 10.6 Å². The van der Waals surface area contributed by atoms with Crippen LogP contribution in [0.2, 0.25) is 0 Å². The van der Waals surface area contributed by atoms with Gasteiger partial charge in [0.15, 0.2) is 0 Å². The van der Waals surface area contributed by atoms with E-state index in [1.807, 2.05) is 0 Å². The molecule has 7 nitrogen and oxygen atoms in total. The number of nitrogens with one attached hydrogen (secondary N) is 2. The van der Waals surface area contributed by atoms with Gasteiger partial charge in [0.2, 0.25) is 0 Å². The molecule has 1 fully saturated rings. The molecular weight excluding hydrogens is 370 g/mol. The van der Waals surface area contributed by atoms with Crippen molar-refractivity contribution in [1.82, 2.24) is 10.6 Å². The van der Waals surface area contributed by atoms with Gasteiger partial charge in [-0.15, -0.1) is 0 Å². The molecule has 150 valence electrons. The lowest BCUT2D eigenvalue weighted by Gasteiger charge is -2.23. The lowest BCUT2D eigenvalue weighted by atomic mass is 9.95. The highest BCUT2D eigenvalue weighted by Gasteiger charge is 2.20. The Morgan fingerprint density at radius 3 is 2.41 bits per heavy atom. The van der Waals surface area contributed by atoms with Gasteiger partial charge < -0.3 is 10.6 Å². The summed E-state index contributed by atoms with van der Waals surface area (Å²) < 4.78 is 0. The van der Waals surface area contributed by atoms with Crippen LogP contribution in [0.4, 0.5) is 5.69 Å². The zero-order valence-corrected chi connectivity index (χ0v) is 16.0. The van der Waals surface area contributed by atoms with Crippen LogP contribution in [0.5, 0.6) is 0 Å². The summed E-state index contributed by atoms with van der Waals surface area (Å²) in [6.07, 6.45) is 6.56. The van der Waals surface area contributed by atoms with Gasteiger partial charge in [-0.3, -0.25) is 19.7 Å². The lowest BCUT2D eigenvalue weighted by Crippen LogP contribution is -2.41. The summed E-state index contributed by atoms with van der Waals surface area (Å²) in [7, 11) is 0. The van der Waals surface area contributed by atoms with Crippen LogP contribution in [0.25, 0.3) is 6.08 Å². The molecule has 7 heteroatoms. The number of benzene rings is 2. The fourth-order valence-electron chi connectivity index (χ4n) is 3.35. The quantitative estimate of drug-likeness (QED) is 0.443. The molecule has 2 amide bonds. The van der Waals surface area contributed by atoms with Crippen molar-refractivity contribution in [3.05, 3.63) is 81.5 Å². The van der Waals surface area contributed by atoms with Gasteiger partial charge in [-0.25, -0.2) is 0 Å². The fraction of sp³-hybridized carbons (Fsp3) is 0.273. The van der Waals surface area contributed by atoms with Crippen LogP contribution in [0.1, 0.15) is 48.0 Å². The minimum Gasteiger partial charge on any atom is -0.348 e. The van der Waals surface area contributed by atoms with Crippen molar-refractivity contribution in [2.45, 2.75) is 38.1 Å². The maximum Gasteiger partial charge on any atom is 0.270 e. The molecule has 0 unspecified atom stereocenters. The van der Waals surface area contributed by atoms with E-state index >= 15 is 0 Å². The molecule has 2 aromatic rings. The molecule has 0 spiro atoms. The molecule has 0 bridgehead atoms. The number of nitro benzene ring substituents is 1. The number of nitrogens with zero attached hydrogens (tertiary/aromatic N) is 1. The van der Waals surface area contributed by atoms with E-state index in [9.17, 15) is 19.7 Å². The predicted molar refractivity (Wildman–Crippen MR) is 110 cm³/mol. The van der Waals surface area contributed by atoms with Gasteiger partial charge in [0.1, 0.15) is 5.70 Å². The zero-order valence-electron chi connectivity index (χ0n) is 16.0. The molecule has 2 N–H and O–H groups in total. The smallest absolute Gasteiger partial charge is 0.270 e. The summed E-state index contributed by atoms with van der Waals surface area (Å²) >= 11 is 0. The van der Waals surface area contributed by atoms with E-state index in [1.54, 1.807) is 42.5 Å². The Morgan fingerprint density at radius 2 is 1.72 bits per heavy atom. The molecule has 1 aliphatic rings. The highest BCUT2D eigenvalue weighted by atomic mass is 16.6. The highest BCUT2D eigenvalue weighted by Crippen LogP contribution is 2.19. The lowest BCUT2D eigenvalue weighted by molar-refractivity contribution is -0.384. The molecule has 29 heavy (non-hydrogen) atoms. The van der Waals surface area contributed by atoms with E-state index in [0.717, 1.165) is 32.1 Å². The van der Waals surface area contributed by atoms with Crippen LogP contribution in [-0.2, 0) is 4.79 Å². The van der Waals surface area contributed by atoms with Crippen LogP contribution in [0, 0.1) is 10.1 Å². The van der Waals surface area contributed by atoms with Crippen LogP contribution in [-0.4, -0.2) is 22.8 Å². The third-order valence-corrected chi connectivity index (χ3v) is 4.86. The number of rotatable bonds is 6. The van der Waals surface area contributed by atoms with E-state index in [1.165, 1.54) is 18.2 Å². The first kappa shape index (κ1) is 20.3. The van der Waals surface area contributed by atoms with Crippen molar-refractivity contribution in [2.75, 3.05) is 0 Å². The fourth-order valence-corrected chi connectivity index (χ4v) is 3.35. The van der Waals surface area contributed by atoms with Crippen LogP contribution >= 0.6 is 0 Å². The number of hydrogen-bond donors (Lipinski definition) is 2. The topological polar surface area (TPSA) is 101 Å². The molecule has 2 aromatic carbocycles. The third-order valence-electron chi connectivity index (χ3n) is 4.86. The molecule has 1 aliphatic carbocycles. The molecular formula is C22H23N3O4. The Hall–Kier alpha value is -3.48. The highest BCUT2D eigenvalue weighted by molar-refractivity contribution is 6.05. The van der Waals surface area contributed by atoms with Gasteiger partial charge in [0, 0.05) is 23.7 Å². The van der Waals surface area contributed by atoms with Gasteiger partial charge >= 0.3 is 0 Å². The van der Waals surface area contributed by atoms with Crippen molar-refractivity contribution >= 4 is 23.6 Å². The number of amides is 2. The van der Waals surface area contributed by atoms with Crippen molar-refractivity contribution in [2.24, 2.45) is 0 Å².